The first kappa shape index (κ1) is 18.5. The first-order valence-corrected chi connectivity index (χ1v) is 9.95. The van der Waals surface area contributed by atoms with E-state index in [2.05, 4.69) is 4.72 Å². The van der Waals surface area contributed by atoms with Gasteiger partial charge in [0.15, 0.2) is 0 Å². The Morgan fingerprint density at radius 2 is 1.77 bits per heavy atom. The molecule has 2 aromatic carbocycles. The maximum absolute atomic E-state index is 13.1. The third-order valence-corrected chi connectivity index (χ3v) is 5.95. The van der Waals surface area contributed by atoms with Crippen LogP contribution in [0.5, 0.6) is 0 Å². The second-order valence-electron chi connectivity index (χ2n) is 6.67. The minimum absolute atomic E-state index is 0.0702. The average molecular weight is 376 g/mol. The molecule has 5 nitrogen and oxygen atoms in total. The van der Waals surface area contributed by atoms with Crippen molar-refractivity contribution in [2.45, 2.75) is 31.2 Å². The first-order chi connectivity index (χ1) is 12.3. The van der Waals surface area contributed by atoms with E-state index in [-0.39, 0.29) is 16.7 Å². The summed E-state index contributed by atoms with van der Waals surface area (Å²) < 4.78 is 40.8. The van der Waals surface area contributed by atoms with Crippen LogP contribution in [0.15, 0.2) is 53.4 Å². The Morgan fingerprint density at radius 3 is 2.42 bits per heavy atom. The molecule has 0 fully saturated rings. The van der Waals surface area contributed by atoms with Crippen molar-refractivity contribution >= 4 is 21.6 Å². The highest BCUT2D eigenvalue weighted by molar-refractivity contribution is 7.89. The van der Waals surface area contributed by atoms with E-state index in [0.29, 0.717) is 6.54 Å². The summed E-state index contributed by atoms with van der Waals surface area (Å²) in [6.45, 7) is 4.11. The van der Waals surface area contributed by atoms with Gasteiger partial charge in [-0.15, -0.1) is 0 Å². The van der Waals surface area contributed by atoms with Gasteiger partial charge in [-0.25, -0.2) is 12.8 Å². The third-order valence-electron chi connectivity index (χ3n) is 4.49. The Kier molecular flexibility index (Phi) is 5.11. The van der Waals surface area contributed by atoms with Gasteiger partial charge in [0, 0.05) is 12.2 Å². The lowest BCUT2D eigenvalue weighted by atomic mass is 10.0. The quantitative estimate of drug-likeness (QED) is 0.873. The summed E-state index contributed by atoms with van der Waals surface area (Å²) >= 11 is 0. The van der Waals surface area contributed by atoms with Gasteiger partial charge in [0.25, 0.3) is 0 Å². The zero-order chi connectivity index (χ0) is 18.9. The molecular weight excluding hydrogens is 355 g/mol. The lowest BCUT2D eigenvalue weighted by Crippen LogP contribution is -2.51. The van der Waals surface area contributed by atoms with Crippen molar-refractivity contribution < 1.29 is 17.6 Å². The monoisotopic (exact) mass is 376 g/mol. The van der Waals surface area contributed by atoms with Gasteiger partial charge < -0.3 is 4.90 Å². The minimum atomic E-state index is -3.94. The van der Waals surface area contributed by atoms with Gasteiger partial charge in [-0.05, 0) is 48.2 Å². The van der Waals surface area contributed by atoms with Crippen molar-refractivity contribution in [3.05, 3.63) is 59.9 Å². The number of carbonyl (C=O) groups excluding carboxylic acids is 1. The number of para-hydroxylation sites is 1. The van der Waals surface area contributed by atoms with Gasteiger partial charge in [0.1, 0.15) is 11.9 Å². The summed E-state index contributed by atoms with van der Waals surface area (Å²) in [6, 6.07) is 11.2. The van der Waals surface area contributed by atoms with Crippen molar-refractivity contribution in [3.63, 3.8) is 0 Å². The number of hydrogen-bond acceptors (Lipinski definition) is 3. The predicted molar refractivity (Wildman–Crippen MR) is 97.8 cm³/mol. The molecule has 1 N–H and O–H groups in total. The Balaban J connectivity index is 1.86. The first-order valence-electron chi connectivity index (χ1n) is 8.47. The summed E-state index contributed by atoms with van der Waals surface area (Å²) in [5, 5.41) is 0. The van der Waals surface area contributed by atoms with Crippen LogP contribution in [0.4, 0.5) is 10.1 Å². The minimum Gasteiger partial charge on any atom is -0.310 e. The normalized spacial score (nSPS) is 15.2. The number of carbonyl (C=O) groups is 1. The van der Waals surface area contributed by atoms with Gasteiger partial charge in [-0.3, -0.25) is 4.79 Å². The second kappa shape index (κ2) is 7.17. The van der Waals surface area contributed by atoms with E-state index in [1.54, 1.807) is 18.7 Å². The predicted octanol–water partition coefficient (Wildman–Crippen LogP) is 2.72. The highest BCUT2D eigenvalue weighted by Gasteiger charge is 2.34. The summed E-state index contributed by atoms with van der Waals surface area (Å²) in [4.78, 5) is 14.6. The van der Waals surface area contributed by atoms with Crippen LogP contribution < -0.4 is 9.62 Å². The van der Waals surface area contributed by atoms with E-state index in [9.17, 15) is 17.6 Å². The number of anilines is 1. The molecule has 0 aromatic heterocycles. The molecule has 0 bridgehead atoms. The van der Waals surface area contributed by atoms with Crippen LogP contribution in [0.3, 0.4) is 0 Å². The lowest BCUT2D eigenvalue weighted by molar-refractivity contribution is -0.121. The van der Waals surface area contributed by atoms with E-state index >= 15 is 0 Å². The van der Waals surface area contributed by atoms with E-state index in [0.717, 1.165) is 29.8 Å². The number of benzene rings is 2. The smallest absolute Gasteiger partial charge is 0.245 e. The molecule has 0 aliphatic carbocycles. The Hall–Kier alpha value is -2.25. The molecule has 0 saturated heterocycles. The van der Waals surface area contributed by atoms with Gasteiger partial charge in [0.05, 0.1) is 4.90 Å². The van der Waals surface area contributed by atoms with Gasteiger partial charge in [-0.2, -0.15) is 4.72 Å². The lowest BCUT2D eigenvalue weighted by Gasteiger charge is -2.27. The molecule has 0 unspecified atom stereocenters. The Bertz CT molecular complexity index is 911. The fraction of sp³-hybridized carbons (Fsp3) is 0.316. The largest absolute Gasteiger partial charge is 0.310 e. The molecule has 1 aliphatic heterocycles. The average Bonchev–Trinajstić information content (AvgIpc) is 3.03. The van der Waals surface area contributed by atoms with Crippen LogP contribution in [0.1, 0.15) is 19.4 Å². The summed E-state index contributed by atoms with van der Waals surface area (Å²) in [5.74, 6) is -1.05. The number of nitrogens with zero attached hydrogens (tertiary/aromatic N) is 1. The summed E-state index contributed by atoms with van der Waals surface area (Å²) in [6.07, 6.45) is 0.747. The zero-order valence-electron chi connectivity index (χ0n) is 14.6. The Labute approximate surface area is 152 Å². The molecule has 1 amide bonds. The van der Waals surface area contributed by atoms with Crippen LogP contribution in [0, 0.1) is 11.7 Å². The fourth-order valence-electron chi connectivity index (χ4n) is 3.06. The van der Waals surface area contributed by atoms with Crippen molar-refractivity contribution in [1.29, 1.82) is 0 Å². The second-order valence-corrected chi connectivity index (χ2v) is 8.38. The van der Waals surface area contributed by atoms with Gasteiger partial charge in [0.2, 0.25) is 15.9 Å². The molecule has 26 heavy (non-hydrogen) atoms. The van der Waals surface area contributed by atoms with Gasteiger partial charge >= 0.3 is 0 Å². The van der Waals surface area contributed by atoms with Crippen molar-refractivity contribution in [1.82, 2.24) is 4.72 Å². The topological polar surface area (TPSA) is 66.5 Å². The van der Waals surface area contributed by atoms with E-state index in [1.807, 2.05) is 24.3 Å². The number of sulfonamides is 1. The molecule has 1 atom stereocenters. The molecule has 0 radical (unpaired) electrons. The maximum atomic E-state index is 13.1. The standard InChI is InChI=1S/C19H21FN2O3S/c1-13(2)18(21-26(24,25)16-9-7-15(20)8-10-16)19(23)22-12-11-14-5-3-4-6-17(14)22/h3-10,13,18,21H,11-12H2,1-2H3/t18-/m0/s1. The molecule has 3 rings (SSSR count). The molecule has 138 valence electrons. The van der Waals surface area contributed by atoms with E-state index in [1.165, 1.54) is 12.1 Å². The fourth-order valence-corrected chi connectivity index (χ4v) is 4.39. The maximum Gasteiger partial charge on any atom is 0.245 e. The van der Waals surface area contributed by atoms with Crippen LogP contribution >= 0.6 is 0 Å². The number of fused-ring (bicyclic) bond motifs is 1. The van der Waals surface area contributed by atoms with Crippen LogP contribution in [0.2, 0.25) is 0 Å². The highest BCUT2D eigenvalue weighted by atomic mass is 32.2. The SMILES string of the molecule is CC(C)[C@H](NS(=O)(=O)c1ccc(F)cc1)C(=O)N1CCc2ccccc21. The van der Waals surface area contributed by atoms with Crippen LogP contribution in [-0.4, -0.2) is 26.9 Å². The number of nitrogens with one attached hydrogen (secondary N) is 1. The number of halogens is 1. The molecule has 1 aliphatic rings. The van der Waals surface area contributed by atoms with Crippen molar-refractivity contribution in [3.8, 4) is 0 Å². The number of hydrogen-bond donors (Lipinski definition) is 1. The molecule has 0 saturated carbocycles. The molecular formula is C19H21FN2O3S. The van der Waals surface area contributed by atoms with Crippen molar-refractivity contribution in [2.75, 3.05) is 11.4 Å². The molecule has 2 aromatic rings. The molecule has 1 heterocycles. The van der Waals surface area contributed by atoms with E-state index < -0.39 is 21.9 Å². The Morgan fingerprint density at radius 1 is 1.12 bits per heavy atom. The zero-order valence-corrected chi connectivity index (χ0v) is 15.5. The summed E-state index contributed by atoms with van der Waals surface area (Å²) in [7, 11) is -3.94. The van der Waals surface area contributed by atoms with Gasteiger partial charge in [-0.1, -0.05) is 32.0 Å². The third kappa shape index (κ3) is 3.64. The van der Waals surface area contributed by atoms with Crippen LogP contribution in [0.25, 0.3) is 0 Å². The van der Waals surface area contributed by atoms with E-state index in [4.69, 9.17) is 0 Å². The number of amides is 1. The summed E-state index contributed by atoms with van der Waals surface area (Å²) in [5.41, 5.74) is 1.90. The molecule has 7 heteroatoms. The van der Waals surface area contributed by atoms with Crippen molar-refractivity contribution in [2.24, 2.45) is 5.92 Å². The number of rotatable bonds is 5. The highest BCUT2D eigenvalue weighted by Crippen LogP contribution is 2.29. The molecule has 0 spiro atoms. The van der Waals surface area contributed by atoms with Crippen LogP contribution in [-0.2, 0) is 21.2 Å².